The molecule has 0 spiro atoms. The van der Waals surface area contributed by atoms with Crippen LogP contribution in [0, 0.1) is 11.7 Å². The van der Waals surface area contributed by atoms with Gasteiger partial charge in [-0.15, -0.1) is 0 Å². The maximum atomic E-state index is 13.5. The summed E-state index contributed by atoms with van der Waals surface area (Å²) in [7, 11) is 0. The first kappa shape index (κ1) is 24.4. The van der Waals surface area contributed by atoms with E-state index in [1.165, 1.54) is 12.1 Å². The van der Waals surface area contributed by atoms with Crippen LogP contribution in [-0.2, 0) is 11.3 Å². The van der Waals surface area contributed by atoms with Crippen molar-refractivity contribution in [2.75, 3.05) is 26.2 Å². The second kappa shape index (κ2) is 11.2. The van der Waals surface area contributed by atoms with E-state index < -0.39 is 0 Å². The minimum atomic E-state index is -0.308. The van der Waals surface area contributed by atoms with Gasteiger partial charge in [0.1, 0.15) is 5.82 Å². The molecule has 2 heterocycles. The van der Waals surface area contributed by atoms with E-state index in [-0.39, 0.29) is 23.7 Å². The molecule has 8 heteroatoms. The Morgan fingerprint density at radius 2 is 1.69 bits per heavy atom. The van der Waals surface area contributed by atoms with Crippen LogP contribution in [-0.4, -0.2) is 57.7 Å². The highest BCUT2D eigenvalue weighted by Gasteiger charge is 2.29. The van der Waals surface area contributed by atoms with Crippen molar-refractivity contribution in [1.82, 2.24) is 24.9 Å². The number of piperidine rings is 1. The number of halogens is 1. The zero-order chi connectivity index (χ0) is 24.8. The lowest BCUT2D eigenvalue weighted by molar-refractivity contribution is -0.126. The molecule has 1 N–H and O–H groups in total. The van der Waals surface area contributed by atoms with Crippen molar-refractivity contribution < 1.29 is 14.0 Å². The summed E-state index contributed by atoms with van der Waals surface area (Å²) in [5.41, 5.74) is 3.24. The highest BCUT2D eigenvalue weighted by Crippen LogP contribution is 2.25. The van der Waals surface area contributed by atoms with Crippen molar-refractivity contribution in [2.45, 2.75) is 33.2 Å². The predicted octanol–water partition coefficient (Wildman–Crippen LogP) is 4.47. The highest BCUT2D eigenvalue weighted by atomic mass is 19.1. The summed E-state index contributed by atoms with van der Waals surface area (Å²) in [4.78, 5) is 29.2. The molecule has 4 rings (SSSR count). The molecule has 3 aromatic rings. The van der Waals surface area contributed by atoms with Crippen LogP contribution >= 0.6 is 0 Å². The van der Waals surface area contributed by atoms with Gasteiger partial charge in [-0.25, -0.2) is 13.9 Å². The van der Waals surface area contributed by atoms with Gasteiger partial charge in [0.15, 0.2) is 0 Å². The fourth-order valence-corrected chi connectivity index (χ4v) is 4.46. The van der Waals surface area contributed by atoms with Crippen LogP contribution < -0.4 is 5.32 Å². The number of amides is 3. The molecule has 184 valence electrons. The SMILES string of the molecule is CCN(CC)C(=O)N1CCC(C(=O)NCc2cn(-c3ccccc3)nc2-c2ccc(F)cc2)CC1. The Balaban J connectivity index is 1.43. The summed E-state index contributed by atoms with van der Waals surface area (Å²) in [6.45, 7) is 6.80. The summed E-state index contributed by atoms with van der Waals surface area (Å²) in [5.74, 6) is -0.455. The predicted molar refractivity (Wildman–Crippen MR) is 133 cm³/mol. The van der Waals surface area contributed by atoms with E-state index in [0.29, 0.717) is 51.3 Å². The molecule has 7 nitrogen and oxygen atoms in total. The molecule has 0 atom stereocenters. The van der Waals surface area contributed by atoms with E-state index in [1.807, 2.05) is 60.2 Å². The van der Waals surface area contributed by atoms with Gasteiger partial charge in [-0.2, -0.15) is 5.10 Å². The number of aromatic nitrogens is 2. The quantitative estimate of drug-likeness (QED) is 0.546. The van der Waals surface area contributed by atoms with Crippen LogP contribution in [0.5, 0.6) is 0 Å². The number of nitrogens with zero attached hydrogens (tertiary/aromatic N) is 4. The fraction of sp³-hybridized carbons (Fsp3) is 0.370. The Kier molecular flexibility index (Phi) is 7.80. The minimum absolute atomic E-state index is 0.0162. The maximum Gasteiger partial charge on any atom is 0.319 e. The van der Waals surface area contributed by atoms with Crippen LogP contribution in [0.15, 0.2) is 60.8 Å². The first-order valence-electron chi connectivity index (χ1n) is 12.2. The van der Waals surface area contributed by atoms with Crippen LogP contribution in [0.4, 0.5) is 9.18 Å². The third-order valence-electron chi connectivity index (χ3n) is 6.55. The number of nitrogens with one attached hydrogen (secondary N) is 1. The smallest absolute Gasteiger partial charge is 0.319 e. The zero-order valence-electron chi connectivity index (χ0n) is 20.3. The molecule has 1 aromatic heterocycles. The summed E-state index contributed by atoms with van der Waals surface area (Å²) in [5, 5.41) is 7.79. The molecule has 1 aliphatic rings. The molecule has 0 bridgehead atoms. The number of rotatable bonds is 7. The molecule has 0 radical (unpaired) electrons. The summed E-state index contributed by atoms with van der Waals surface area (Å²) >= 11 is 0. The first-order chi connectivity index (χ1) is 17.0. The van der Waals surface area contributed by atoms with E-state index in [9.17, 15) is 14.0 Å². The summed E-state index contributed by atoms with van der Waals surface area (Å²) < 4.78 is 15.3. The minimum Gasteiger partial charge on any atom is -0.352 e. The molecule has 1 saturated heterocycles. The monoisotopic (exact) mass is 477 g/mol. The van der Waals surface area contributed by atoms with Crippen molar-refractivity contribution in [1.29, 1.82) is 0 Å². The van der Waals surface area contributed by atoms with Crippen molar-refractivity contribution in [2.24, 2.45) is 5.92 Å². The molecule has 0 aliphatic carbocycles. The van der Waals surface area contributed by atoms with Crippen molar-refractivity contribution >= 4 is 11.9 Å². The van der Waals surface area contributed by atoms with Gasteiger partial charge in [0.05, 0.1) is 11.4 Å². The van der Waals surface area contributed by atoms with Gasteiger partial charge < -0.3 is 15.1 Å². The Morgan fingerprint density at radius 3 is 2.31 bits per heavy atom. The largest absolute Gasteiger partial charge is 0.352 e. The highest BCUT2D eigenvalue weighted by molar-refractivity contribution is 5.80. The lowest BCUT2D eigenvalue weighted by Gasteiger charge is -2.34. The Bertz CT molecular complexity index is 1130. The molecule has 1 fully saturated rings. The number of benzene rings is 2. The molecule has 3 amide bonds. The van der Waals surface area contributed by atoms with Gasteiger partial charge >= 0.3 is 6.03 Å². The molecule has 0 unspecified atom stereocenters. The van der Waals surface area contributed by atoms with E-state index in [4.69, 9.17) is 5.10 Å². The molecular weight excluding hydrogens is 445 g/mol. The van der Waals surface area contributed by atoms with Crippen molar-refractivity contribution in [3.63, 3.8) is 0 Å². The number of carbonyl (C=O) groups is 2. The molecule has 0 saturated carbocycles. The number of urea groups is 1. The molecule has 2 aromatic carbocycles. The van der Waals surface area contributed by atoms with Crippen molar-refractivity contribution in [3.8, 4) is 16.9 Å². The summed E-state index contributed by atoms with van der Waals surface area (Å²) in [6.07, 6.45) is 3.19. The molecule has 35 heavy (non-hydrogen) atoms. The van der Waals surface area contributed by atoms with Crippen molar-refractivity contribution in [3.05, 3.63) is 72.2 Å². The van der Waals surface area contributed by atoms with Crippen LogP contribution in [0.3, 0.4) is 0 Å². The van der Waals surface area contributed by atoms with E-state index in [0.717, 1.165) is 16.8 Å². The standard InChI is InChI=1S/C27H32FN5O2/c1-3-31(4-2)27(35)32-16-14-21(15-17-32)26(34)29-18-22-19-33(24-8-6-5-7-9-24)30-25(22)20-10-12-23(28)13-11-20/h5-13,19,21H,3-4,14-18H2,1-2H3,(H,29,34). The van der Waals surface area contributed by atoms with E-state index >= 15 is 0 Å². The number of carbonyl (C=O) groups excluding carboxylic acids is 2. The number of hydrogen-bond acceptors (Lipinski definition) is 3. The number of likely N-dealkylation sites (tertiary alicyclic amines) is 1. The summed E-state index contributed by atoms with van der Waals surface area (Å²) in [6, 6.07) is 16.0. The van der Waals surface area contributed by atoms with E-state index in [2.05, 4.69) is 5.32 Å². The maximum absolute atomic E-state index is 13.5. The van der Waals surface area contributed by atoms with Crippen LogP contribution in [0.25, 0.3) is 16.9 Å². The van der Waals surface area contributed by atoms with Crippen LogP contribution in [0.1, 0.15) is 32.3 Å². The van der Waals surface area contributed by atoms with Gasteiger partial charge in [0, 0.05) is 56.0 Å². The van der Waals surface area contributed by atoms with Gasteiger partial charge in [0.25, 0.3) is 0 Å². The first-order valence-corrected chi connectivity index (χ1v) is 12.2. The van der Waals surface area contributed by atoms with Crippen LogP contribution in [0.2, 0.25) is 0 Å². The Labute approximate surface area is 205 Å². The fourth-order valence-electron chi connectivity index (χ4n) is 4.46. The number of para-hydroxylation sites is 1. The lowest BCUT2D eigenvalue weighted by Crippen LogP contribution is -2.48. The normalized spacial score (nSPS) is 14.1. The second-order valence-electron chi connectivity index (χ2n) is 8.72. The lowest BCUT2D eigenvalue weighted by atomic mass is 9.96. The zero-order valence-corrected chi connectivity index (χ0v) is 20.3. The second-order valence-corrected chi connectivity index (χ2v) is 8.72. The van der Waals surface area contributed by atoms with Gasteiger partial charge in [-0.3, -0.25) is 4.79 Å². The molecule has 1 aliphatic heterocycles. The molecular formula is C27H32FN5O2. The Hall–Kier alpha value is -3.68. The van der Waals surface area contributed by atoms with Gasteiger partial charge in [-0.05, 0) is 63.1 Å². The van der Waals surface area contributed by atoms with E-state index in [1.54, 1.807) is 16.8 Å². The average molecular weight is 478 g/mol. The third-order valence-corrected chi connectivity index (χ3v) is 6.55. The van der Waals surface area contributed by atoms with Gasteiger partial charge in [-0.1, -0.05) is 18.2 Å². The number of hydrogen-bond donors (Lipinski definition) is 1. The topological polar surface area (TPSA) is 70.5 Å². The third kappa shape index (κ3) is 5.70. The Morgan fingerprint density at radius 1 is 1.03 bits per heavy atom. The average Bonchev–Trinajstić information content (AvgIpc) is 3.33. The van der Waals surface area contributed by atoms with Gasteiger partial charge in [0.2, 0.25) is 5.91 Å².